The van der Waals surface area contributed by atoms with Crippen molar-refractivity contribution in [3.05, 3.63) is 108 Å². The molecule has 2 bridgehead atoms. The number of nitrogens with zero attached hydrogens (tertiary/aromatic N) is 2. The molecule has 52 heavy (non-hydrogen) atoms. The molecule has 4 aromatic rings. The fraction of sp³-hybridized carbons (Fsp3) is 0.452. The number of nitrogens with one attached hydrogen (secondary N) is 2. The summed E-state index contributed by atoms with van der Waals surface area (Å²) in [6.07, 6.45) is 2.45. The molecular formula is C42H52N4O5Si. The van der Waals surface area contributed by atoms with E-state index in [1.807, 2.05) is 53.2 Å². The molecule has 2 amide bonds. The lowest BCUT2D eigenvalue weighted by Gasteiger charge is -2.61. The summed E-state index contributed by atoms with van der Waals surface area (Å²) in [6, 6.07) is 32.7. The van der Waals surface area contributed by atoms with Crippen molar-refractivity contribution in [3.63, 3.8) is 0 Å². The van der Waals surface area contributed by atoms with Crippen molar-refractivity contribution in [2.24, 2.45) is 5.92 Å². The third kappa shape index (κ3) is 7.15. The number of hydrogen-bond donors (Lipinski definition) is 2. The molecule has 3 unspecified atom stereocenters. The molecule has 0 radical (unpaired) electrons. The molecule has 274 valence electrons. The lowest BCUT2D eigenvalue weighted by Crippen LogP contribution is -2.69. The Bertz CT molecular complexity index is 1810. The highest BCUT2D eigenvalue weighted by atomic mass is 28.4. The second kappa shape index (κ2) is 13.9. The average molecular weight is 721 g/mol. The van der Waals surface area contributed by atoms with Crippen molar-refractivity contribution >= 4 is 36.7 Å². The quantitative estimate of drug-likeness (QED) is 0.162. The van der Waals surface area contributed by atoms with Crippen LogP contribution in [0, 0.1) is 5.92 Å². The van der Waals surface area contributed by atoms with Gasteiger partial charge in [-0.15, -0.1) is 0 Å². The number of carbonyl (C=O) groups excluding carboxylic acids is 2. The zero-order chi connectivity index (χ0) is 36.7. The van der Waals surface area contributed by atoms with Gasteiger partial charge in [0.05, 0.1) is 17.3 Å². The first-order chi connectivity index (χ1) is 24.7. The molecule has 4 fully saturated rings. The number of aromatic nitrogens is 2. The van der Waals surface area contributed by atoms with E-state index in [1.165, 1.54) is 10.4 Å². The number of alkyl carbamates (subject to hydrolysis) is 1. The van der Waals surface area contributed by atoms with Crippen LogP contribution in [-0.2, 0) is 26.0 Å². The molecule has 4 aliphatic rings. The Morgan fingerprint density at radius 1 is 0.808 bits per heavy atom. The van der Waals surface area contributed by atoms with Crippen molar-refractivity contribution in [2.75, 3.05) is 5.32 Å². The zero-order valence-corrected chi connectivity index (χ0v) is 32.2. The lowest BCUT2D eigenvalue weighted by molar-refractivity contribution is -0.0551. The highest BCUT2D eigenvalue weighted by Crippen LogP contribution is 2.57. The molecule has 4 aliphatic carbocycles. The average Bonchev–Trinajstić information content (AvgIpc) is 3.68. The van der Waals surface area contributed by atoms with Gasteiger partial charge in [-0.2, -0.15) is 5.10 Å². The van der Waals surface area contributed by atoms with E-state index in [0.717, 1.165) is 36.4 Å². The highest BCUT2D eigenvalue weighted by Gasteiger charge is 2.58. The first kappa shape index (κ1) is 36.0. The number of benzene rings is 3. The van der Waals surface area contributed by atoms with Gasteiger partial charge in [-0.25, -0.2) is 14.3 Å². The lowest BCUT2D eigenvalue weighted by atomic mass is 9.50. The van der Waals surface area contributed by atoms with E-state index in [4.69, 9.17) is 19.0 Å². The van der Waals surface area contributed by atoms with Crippen LogP contribution in [0.15, 0.2) is 97.1 Å². The highest BCUT2D eigenvalue weighted by molar-refractivity contribution is 6.99. The molecule has 0 spiro atoms. The fourth-order valence-electron chi connectivity index (χ4n) is 8.45. The van der Waals surface area contributed by atoms with E-state index >= 15 is 0 Å². The maximum Gasteiger partial charge on any atom is 0.413 e. The molecule has 0 aliphatic heterocycles. The van der Waals surface area contributed by atoms with Gasteiger partial charge in [0.2, 0.25) is 0 Å². The van der Waals surface area contributed by atoms with Crippen molar-refractivity contribution < 1.29 is 23.5 Å². The third-order valence-electron chi connectivity index (χ3n) is 11.1. The van der Waals surface area contributed by atoms with E-state index in [1.54, 1.807) is 0 Å². The Labute approximate surface area is 308 Å². The summed E-state index contributed by atoms with van der Waals surface area (Å²) in [5.41, 5.74) is 1.19. The number of ether oxygens (including phenoxy) is 2. The summed E-state index contributed by atoms with van der Waals surface area (Å²) < 4.78 is 21.4. The van der Waals surface area contributed by atoms with Crippen molar-refractivity contribution in [1.82, 2.24) is 15.1 Å². The topological polar surface area (TPSA) is 104 Å². The summed E-state index contributed by atoms with van der Waals surface area (Å²) in [5, 5.41) is 13.3. The molecule has 9 nitrogen and oxygen atoms in total. The van der Waals surface area contributed by atoms with E-state index in [2.05, 4.69) is 101 Å². The Morgan fingerprint density at radius 2 is 1.37 bits per heavy atom. The van der Waals surface area contributed by atoms with Crippen molar-refractivity contribution in [3.8, 4) is 0 Å². The van der Waals surface area contributed by atoms with E-state index in [-0.39, 0.29) is 35.3 Å². The largest absolute Gasteiger partial charge is 0.444 e. The van der Waals surface area contributed by atoms with Crippen LogP contribution >= 0.6 is 0 Å². The first-order valence-electron chi connectivity index (χ1n) is 18.6. The van der Waals surface area contributed by atoms with Gasteiger partial charge in [-0.05, 0) is 79.8 Å². The van der Waals surface area contributed by atoms with Crippen molar-refractivity contribution in [2.45, 2.75) is 114 Å². The molecule has 8 rings (SSSR count). The number of rotatable bonds is 10. The second-order valence-electron chi connectivity index (χ2n) is 17.0. The van der Waals surface area contributed by atoms with Gasteiger partial charge in [0.1, 0.15) is 18.5 Å². The van der Waals surface area contributed by atoms with E-state index in [9.17, 15) is 9.59 Å². The molecule has 3 aromatic carbocycles. The van der Waals surface area contributed by atoms with Crippen LogP contribution in [0.25, 0.3) is 0 Å². The summed E-state index contributed by atoms with van der Waals surface area (Å²) >= 11 is 0. The minimum atomic E-state index is -2.98. The minimum absolute atomic E-state index is 0.0829. The molecule has 1 heterocycles. The van der Waals surface area contributed by atoms with Gasteiger partial charge >= 0.3 is 12.2 Å². The van der Waals surface area contributed by atoms with Gasteiger partial charge in [-0.1, -0.05) is 112 Å². The number of hydrogen-bond acceptors (Lipinski definition) is 6. The summed E-state index contributed by atoms with van der Waals surface area (Å²) in [4.78, 5) is 26.6. The Hall–Kier alpha value is -4.41. The predicted molar refractivity (Wildman–Crippen MR) is 205 cm³/mol. The Balaban J connectivity index is 1.20. The summed E-state index contributed by atoms with van der Waals surface area (Å²) in [5.74, 6) is 1.20. The summed E-state index contributed by atoms with van der Waals surface area (Å²) in [7, 11) is -2.98. The standard InChI is InChI=1S/C42H52N4O5Si/c1-40(2,3)46-37(43-38(47)49-28-29-16-10-7-11-17-29)24-34(45-46)31-22-35(50-39(48)44-42-25-30(26-42)27-42)36(23-31)51-52(41(4,5)6,32-18-12-8-13-19-32)33-20-14-9-15-21-33/h7-21,24,30-31,35-36H,22-23,25-28H2,1-6H3,(H,43,47)(H,44,48). The summed E-state index contributed by atoms with van der Waals surface area (Å²) in [6.45, 7) is 13.1. The molecule has 10 heteroatoms. The van der Waals surface area contributed by atoms with Crippen molar-refractivity contribution in [1.29, 1.82) is 0 Å². The molecule has 0 saturated heterocycles. The van der Waals surface area contributed by atoms with Crippen LogP contribution in [0.3, 0.4) is 0 Å². The molecular weight excluding hydrogens is 669 g/mol. The fourth-order valence-corrected chi connectivity index (χ4v) is 13.2. The third-order valence-corrected chi connectivity index (χ3v) is 16.1. The van der Waals surface area contributed by atoms with Crippen LogP contribution in [0.2, 0.25) is 5.04 Å². The van der Waals surface area contributed by atoms with Crippen LogP contribution in [0.1, 0.15) is 90.8 Å². The maximum absolute atomic E-state index is 13.5. The molecule has 4 saturated carbocycles. The first-order valence-corrected chi connectivity index (χ1v) is 20.5. The molecule has 2 N–H and O–H groups in total. The van der Waals surface area contributed by atoms with Gasteiger partial charge < -0.3 is 19.2 Å². The van der Waals surface area contributed by atoms with E-state index < -0.39 is 26.1 Å². The molecule has 3 atom stereocenters. The monoisotopic (exact) mass is 720 g/mol. The zero-order valence-electron chi connectivity index (χ0n) is 31.2. The number of amides is 2. The van der Waals surface area contributed by atoms with Crippen LogP contribution in [0.5, 0.6) is 0 Å². The predicted octanol–water partition coefficient (Wildman–Crippen LogP) is 7.86. The Morgan fingerprint density at radius 3 is 1.88 bits per heavy atom. The number of anilines is 1. The van der Waals surface area contributed by atoms with Gasteiger partial charge in [0.25, 0.3) is 8.32 Å². The smallest absolute Gasteiger partial charge is 0.413 e. The van der Waals surface area contributed by atoms with Gasteiger partial charge in [-0.3, -0.25) is 5.32 Å². The van der Waals surface area contributed by atoms with Crippen LogP contribution in [0.4, 0.5) is 15.4 Å². The van der Waals surface area contributed by atoms with Gasteiger partial charge in [0.15, 0.2) is 0 Å². The number of carbonyl (C=O) groups is 2. The Kier molecular flexibility index (Phi) is 9.58. The molecule has 1 aromatic heterocycles. The van der Waals surface area contributed by atoms with Crippen LogP contribution < -0.4 is 21.0 Å². The second-order valence-corrected chi connectivity index (χ2v) is 21.3. The maximum atomic E-state index is 13.5. The minimum Gasteiger partial charge on any atom is -0.444 e. The van der Waals surface area contributed by atoms with Crippen LogP contribution in [-0.4, -0.2) is 48.0 Å². The van der Waals surface area contributed by atoms with Gasteiger partial charge in [0, 0.05) is 17.5 Å². The SMILES string of the molecule is CC(C)(C)n1nc(C2CC(OC(=O)NC34CC(C3)C4)C(O[Si](c3ccccc3)(c3ccccc3)C(C)(C)C)C2)cc1NC(=O)OCc1ccccc1. The normalized spacial score (nSPS) is 24.0. The van der Waals surface area contributed by atoms with E-state index in [0.29, 0.717) is 18.7 Å².